The van der Waals surface area contributed by atoms with E-state index in [2.05, 4.69) is 29.1 Å². The highest BCUT2D eigenvalue weighted by Crippen LogP contribution is 2.47. The molecule has 0 radical (unpaired) electrons. The Kier molecular flexibility index (Phi) is 3.71. The minimum Gasteiger partial charge on any atom is -0.369 e. The smallest absolute Gasteiger partial charge is 0.258 e. The average Bonchev–Trinajstić information content (AvgIpc) is 2.99. The molecule has 0 spiro atoms. The molecule has 0 saturated heterocycles. The molecule has 4 N–H and O–H groups in total. The molecular weight excluding hydrogens is 364 g/mol. The molecule has 5 rings (SSSR count). The fourth-order valence-corrected chi connectivity index (χ4v) is 4.25. The van der Waals surface area contributed by atoms with Gasteiger partial charge in [-0.05, 0) is 17.0 Å². The van der Waals surface area contributed by atoms with E-state index in [1.165, 1.54) is 5.56 Å². The minimum absolute atomic E-state index is 0.0387. The van der Waals surface area contributed by atoms with Crippen LogP contribution in [0.4, 0.5) is 11.8 Å². The van der Waals surface area contributed by atoms with E-state index in [4.69, 9.17) is 5.73 Å². The van der Waals surface area contributed by atoms with Gasteiger partial charge in [0.05, 0.1) is 11.3 Å². The number of nitrogens with zero attached hydrogens (tertiary/aromatic N) is 1. The summed E-state index contributed by atoms with van der Waals surface area (Å²) in [6.07, 6.45) is 0. The Hall–Kier alpha value is -3.67. The number of rotatable bonds is 2. The number of H-pyrrole nitrogens is 1. The molecule has 2 aromatic carbocycles. The standard InChI is InChI=1S/C23H20N4O2/c1-11(2)12-7-9-13(10-8-12)16-17-19(14-5-3-4-6-15(14)20(17)28)25-21-18(16)22(29)27-23(24)26-21/h3-11,16H,1-2H3,(H4,24,25,26,27,29)/t16-/m1/s1. The molecule has 0 fully saturated rings. The van der Waals surface area contributed by atoms with Gasteiger partial charge in [-0.3, -0.25) is 14.6 Å². The summed E-state index contributed by atoms with van der Waals surface area (Å²) in [6.45, 7) is 4.26. The van der Waals surface area contributed by atoms with Gasteiger partial charge >= 0.3 is 0 Å². The van der Waals surface area contributed by atoms with Crippen molar-refractivity contribution < 1.29 is 4.79 Å². The van der Waals surface area contributed by atoms with E-state index in [1.807, 2.05) is 48.5 Å². The molecule has 1 aliphatic carbocycles. The van der Waals surface area contributed by atoms with E-state index in [9.17, 15) is 9.59 Å². The van der Waals surface area contributed by atoms with Gasteiger partial charge in [-0.15, -0.1) is 0 Å². The summed E-state index contributed by atoms with van der Waals surface area (Å²) >= 11 is 0. The van der Waals surface area contributed by atoms with E-state index in [-0.39, 0.29) is 17.3 Å². The fraction of sp³-hybridized carbons (Fsp3) is 0.174. The van der Waals surface area contributed by atoms with Crippen LogP contribution in [0.1, 0.15) is 58.3 Å². The maximum Gasteiger partial charge on any atom is 0.258 e. The van der Waals surface area contributed by atoms with Crippen molar-refractivity contribution in [3.05, 3.63) is 92.3 Å². The van der Waals surface area contributed by atoms with E-state index < -0.39 is 5.92 Å². The van der Waals surface area contributed by atoms with Crippen molar-refractivity contribution in [2.75, 3.05) is 11.1 Å². The average molecular weight is 384 g/mol. The number of benzene rings is 2. The van der Waals surface area contributed by atoms with Crippen LogP contribution in [0.15, 0.2) is 58.9 Å². The fourth-order valence-electron chi connectivity index (χ4n) is 4.25. The number of nitrogen functional groups attached to an aromatic ring is 1. The zero-order chi connectivity index (χ0) is 20.3. The molecule has 0 bridgehead atoms. The Morgan fingerprint density at radius 3 is 2.38 bits per heavy atom. The summed E-state index contributed by atoms with van der Waals surface area (Å²) in [5, 5.41) is 3.20. The minimum atomic E-state index is -0.515. The second-order valence-corrected chi connectivity index (χ2v) is 7.76. The first kappa shape index (κ1) is 17.4. The Balaban J connectivity index is 1.77. The van der Waals surface area contributed by atoms with Gasteiger partial charge in [0.1, 0.15) is 5.82 Å². The van der Waals surface area contributed by atoms with Crippen molar-refractivity contribution in [1.82, 2.24) is 9.97 Å². The summed E-state index contributed by atoms with van der Waals surface area (Å²) < 4.78 is 0. The quantitative estimate of drug-likeness (QED) is 0.626. The first-order chi connectivity index (χ1) is 14.0. The van der Waals surface area contributed by atoms with Crippen molar-refractivity contribution in [2.45, 2.75) is 25.7 Å². The van der Waals surface area contributed by atoms with Crippen LogP contribution in [0, 0.1) is 0 Å². The number of fused-ring (bicyclic) bond motifs is 3. The molecule has 6 heteroatoms. The lowest BCUT2D eigenvalue weighted by molar-refractivity contribution is 0.103. The predicted molar refractivity (Wildman–Crippen MR) is 113 cm³/mol. The first-order valence-electron chi connectivity index (χ1n) is 9.60. The van der Waals surface area contributed by atoms with Gasteiger partial charge in [0.25, 0.3) is 5.56 Å². The highest BCUT2D eigenvalue weighted by atomic mass is 16.1. The van der Waals surface area contributed by atoms with Gasteiger partial charge < -0.3 is 11.1 Å². The number of nitrogens with one attached hydrogen (secondary N) is 2. The van der Waals surface area contributed by atoms with Crippen LogP contribution in [-0.2, 0) is 0 Å². The lowest BCUT2D eigenvalue weighted by Crippen LogP contribution is -2.28. The zero-order valence-corrected chi connectivity index (χ0v) is 16.1. The first-order valence-corrected chi connectivity index (χ1v) is 9.60. The lowest BCUT2D eigenvalue weighted by Gasteiger charge is -2.27. The Labute approximate surface area is 167 Å². The molecule has 1 atom stereocenters. The van der Waals surface area contributed by atoms with Gasteiger partial charge in [-0.2, -0.15) is 4.98 Å². The lowest BCUT2D eigenvalue weighted by atomic mass is 9.81. The molecule has 0 unspecified atom stereocenters. The molecule has 6 nitrogen and oxygen atoms in total. The zero-order valence-electron chi connectivity index (χ0n) is 16.1. The van der Waals surface area contributed by atoms with Crippen LogP contribution < -0.4 is 16.6 Å². The van der Waals surface area contributed by atoms with Crippen molar-refractivity contribution in [2.24, 2.45) is 0 Å². The van der Waals surface area contributed by atoms with Crippen LogP contribution in [0.25, 0.3) is 5.70 Å². The van der Waals surface area contributed by atoms with Gasteiger partial charge in [-0.25, -0.2) is 0 Å². The van der Waals surface area contributed by atoms with E-state index in [0.29, 0.717) is 34.1 Å². The Morgan fingerprint density at radius 1 is 1.00 bits per heavy atom. The highest BCUT2D eigenvalue weighted by molar-refractivity contribution is 6.23. The van der Waals surface area contributed by atoms with E-state index in [1.54, 1.807) is 0 Å². The topological polar surface area (TPSA) is 101 Å². The normalized spacial score (nSPS) is 17.1. The third-order valence-corrected chi connectivity index (χ3v) is 5.69. The molecule has 144 valence electrons. The molecule has 3 aromatic rings. The maximum atomic E-state index is 13.3. The third kappa shape index (κ3) is 2.52. The number of nitrogens with two attached hydrogens (primary N) is 1. The number of anilines is 2. The molecule has 2 aliphatic rings. The van der Waals surface area contributed by atoms with Crippen molar-refractivity contribution in [3.63, 3.8) is 0 Å². The summed E-state index contributed by atoms with van der Waals surface area (Å²) in [4.78, 5) is 33.1. The molecule has 0 saturated carbocycles. The summed E-state index contributed by atoms with van der Waals surface area (Å²) in [5.41, 5.74) is 10.7. The largest absolute Gasteiger partial charge is 0.369 e. The second kappa shape index (κ2) is 6.17. The van der Waals surface area contributed by atoms with Gasteiger partial charge in [-0.1, -0.05) is 62.4 Å². The Morgan fingerprint density at radius 2 is 1.69 bits per heavy atom. The van der Waals surface area contributed by atoms with E-state index >= 15 is 0 Å². The van der Waals surface area contributed by atoms with Gasteiger partial charge in [0.2, 0.25) is 5.95 Å². The third-order valence-electron chi connectivity index (χ3n) is 5.69. The molecular formula is C23H20N4O2. The van der Waals surface area contributed by atoms with Crippen LogP contribution in [0.5, 0.6) is 0 Å². The van der Waals surface area contributed by atoms with Crippen LogP contribution in [0.3, 0.4) is 0 Å². The number of allylic oxidation sites excluding steroid dienone is 1. The van der Waals surface area contributed by atoms with Crippen molar-refractivity contribution in [3.8, 4) is 0 Å². The SMILES string of the molecule is CC(C)c1ccc([C@@H]2C3=C(Nc4nc(N)[nH]c(=O)c42)c2ccccc2C3=O)cc1. The van der Waals surface area contributed by atoms with Crippen LogP contribution in [-0.4, -0.2) is 15.8 Å². The number of hydrogen-bond donors (Lipinski definition) is 3. The summed E-state index contributed by atoms with van der Waals surface area (Å²) in [5.74, 6) is 0.243. The molecule has 1 aliphatic heterocycles. The van der Waals surface area contributed by atoms with Crippen LogP contribution >= 0.6 is 0 Å². The van der Waals surface area contributed by atoms with Crippen molar-refractivity contribution in [1.29, 1.82) is 0 Å². The van der Waals surface area contributed by atoms with E-state index in [0.717, 1.165) is 11.1 Å². The maximum absolute atomic E-state index is 13.3. The number of carbonyl (C=O) groups excluding carboxylic acids is 1. The van der Waals surface area contributed by atoms with Crippen molar-refractivity contribution >= 4 is 23.2 Å². The number of aromatic nitrogens is 2. The Bertz CT molecular complexity index is 1250. The number of Topliss-reactive ketones (excluding diaryl/α,β-unsaturated/α-hetero) is 1. The molecule has 1 aromatic heterocycles. The molecule has 0 amide bonds. The number of ketones is 1. The number of hydrogen-bond acceptors (Lipinski definition) is 5. The van der Waals surface area contributed by atoms with Gasteiger partial charge in [0.15, 0.2) is 5.78 Å². The second-order valence-electron chi connectivity index (χ2n) is 7.76. The van der Waals surface area contributed by atoms with Gasteiger partial charge in [0, 0.05) is 22.6 Å². The monoisotopic (exact) mass is 384 g/mol. The highest BCUT2D eigenvalue weighted by Gasteiger charge is 2.41. The molecule has 2 heterocycles. The summed E-state index contributed by atoms with van der Waals surface area (Å²) in [7, 11) is 0. The molecule has 29 heavy (non-hydrogen) atoms. The number of aromatic amines is 1. The number of carbonyl (C=O) groups is 1. The van der Waals surface area contributed by atoms with Crippen LogP contribution in [0.2, 0.25) is 0 Å². The predicted octanol–water partition coefficient (Wildman–Crippen LogP) is 3.64. The summed E-state index contributed by atoms with van der Waals surface area (Å²) in [6, 6.07) is 15.5.